The number of allylic oxidation sites excluding steroid dienone is 1. The molecule has 0 radical (unpaired) electrons. The largest absolute Gasteiger partial charge is 0.495 e. The van der Waals surface area contributed by atoms with Crippen molar-refractivity contribution in [3.05, 3.63) is 33.8 Å². The normalized spacial score (nSPS) is 10.8. The van der Waals surface area contributed by atoms with Crippen LogP contribution in [0.5, 0.6) is 5.75 Å². The number of ether oxygens (including phenoxy) is 1. The molecule has 0 unspecified atom stereocenters. The lowest BCUT2D eigenvalue weighted by Crippen LogP contribution is -1.87. The van der Waals surface area contributed by atoms with E-state index in [4.69, 9.17) is 27.9 Å². The molecule has 0 spiro atoms. The molecule has 0 aliphatic rings. The first-order chi connectivity index (χ1) is 8.04. The number of Topliss-reactive ketones (excluding diaryl/α,β-unsaturated/α-hetero) is 1. The third kappa shape index (κ3) is 4.41. The van der Waals surface area contributed by atoms with Gasteiger partial charge in [0.2, 0.25) is 0 Å². The fraction of sp³-hybridized carbons (Fsp3) is 0.308. The molecule has 1 aromatic rings. The SMILES string of the molecule is COc1cc(Cl)c(/C=C/CCC(C)=O)cc1Cl. The fourth-order valence-electron chi connectivity index (χ4n) is 1.33. The fourth-order valence-corrected chi connectivity index (χ4v) is 1.79. The highest BCUT2D eigenvalue weighted by molar-refractivity contribution is 6.35. The Morgan fingerprint density at radius 2 is 2.06 bits per heavy atom. The molecule has 17 heavy (non-hydrogen) atoms. The molecule has 0 saturated heterocycles. The van der Waals surface area contributed by atoms with E-state index in [1.165, 1.54) is 0 Å². The summed E-state index contributed by atoms with van der Waals surface area (Å²) in [5.74, 6) is 0.728. The van der Waals surface area contributed by atoms with Crippen molar-refractivity contribution in [1.29, 1.82) is 0 Å². The summed E-state index contributed by atoms with van der Waals surface area (Å²) in [6.45, 7) is 1.57. The van der Waals surface area contributed by atoms with Crippen LogP contribution in [0.25, 0.3) is 6.08 Å². The first-order valence-corrected chi connectivity index (χ1v) is 5.99. The van der Waals surface area contributed by atoms with Crippen LogP contribution in [-0.4, -0.2) is 12.9 Å². The van der Waals surface area contributed by atoms with Crippen LogP contribution in [0, 0.1) is 0 Å². The van der Waals surface area contributed by atoms with Crippen LogP contribution < -0.4 is 4.74 Å². The van der Waals surface area contributed by atoms with Gasteiger partial charge in [-0.05, 0) is 25.0 Å². The second-order valence-electron chi connectivity index (χ2n) is 3.65. The van der Waals surface area contributed by atoms with Gasteiger partial charge in [-0.2, -0.15) is 0 Å². The molecule has 2 nitrogen and oxygen atoms in total. The molecule has 92 valence electrons. The van der Waals surface area contributed by atoms with Crippen molar-refractivity contribution in [1.82, 2.24) is 0 Å². The third-order valence-electron chi connectivity index (χ3n) is 2.23. The lowest BCUT2D eigenvalue weighted by atomic mass is 10.1. The summed E-state index contributed by atoms with van der Waals surface area (Å²) >= 11 is 12.1. The number of halogens is 2. The van der Waals surface area contributed by atoms with E-state index in [1.807, 2.05) is 12.2 Å². The van der Waals surface area contributed by atoms with E-state index in [1.54, 1.807) is 26.2 Å². The van der Waals surface area contributed by atoms with Crippen molar-refractivity contribution in [2.24, 2.45) is 0 Å². The predicted molar refractivity (Wildman–Crippen MR) is 72.0 cm³/mol. The van der Waals surface area contributed by atoms with E-state index in [9.17, 15) is 4.79 Å². The molecule has 0 aliphatic heterocycles. The summed E-state index contributed by atoms with van der Waals surface area (Å²) < 4.78 is 5.05. The highest BCUT2D eigenvalue weighted by Gasteiger charge is 2.05. The average Bonchev–Trinajstić information content (AvgIpc) is 2.28. The summed E-state index contributed by atoms with van der Waals surface area (Å²) in [6.07, 6.45) is 5.01. The molecule has 0 saturated carbocycles. The second kappa shape index (κ2) is 6.67. The van der Waals surface area contributed by atoms with Crippen LogP contribution in [0.2, 0.25) is 10.0 Å². The Bertz CT molecular complexity index is 439. The number of benzene rings is 1. The van der Waals surface area contributed by atoms with Gasteiger partial charge in [-0.15, -0.1) is 0 Å². The monoisotopic (exact) mass is 272 g/mol. The maximum atomic E-state index is 10.8. The number of carbonyl (C=O) groups is 1. The van der Waals surface area contributed by atoms with Gasteiger partial charge >= 0.3 is 0 Å². The molecule has 0 N–H and O–H groups in total. The molecule has 4 heteroatoms. The summed E-state index contributed by atoms with van der Waals surface area (Å²) in [7, 11) is 1.54. The number of hydrogen-bond acceptors (Lipinski definition) is 2. The minimum absolute atomic E-state index is 0.175. The molecular weight excluding hydrogens is 259 g/mol. The second-order valence-corrected chi connectivity index (χ2v) is 4.47. The minimum Gasteiger partial charge on any atom is -0.495 e. The smallest absolute Gasteiger partial charge is 0.138 e. The zero-order chi connectivity index (χ0) is 12.8. The molecule has 1 rings (SSSR count). The van der Waals surface area contributed by atoms with Crippen molar-refractivity contribution in [3.63, 3.8) is 0 Å². The molecule has 0 heterocycles. The minimum atomic E-state index is 0.175. The Hall–Kier alpha value is -0.990. The lowest BCUT2D eigenvalue weighted by molar-refractivity contribution is -0.116. The average molecular weight is 273 g/mol. The maximum absolute atomic E-state index is 10.8. The highest BCUT2D eigenvalue weighted by atomic mass is 35.5. The molecule has 0 amide bonds. The van der Waals surface area contributed by atoms with Crippen molar-refractivity contribution < 1.29 is 9.53 Å². The van der Waals surface area contributed by atoms with Gasteiger partial charge in [0.1, 0.15) is 11.5 Å². The summed E-state index contributed by atoms with van der Waals surface area (Å²) in [6, 6.07) is 3.42. The van der Waals surface area contributed by atoms with E-state index in [0.717, 1.165) is 5.56 Å². The number of methoxy groups -OCH3 is 1. The quantitative estimate of drug-likeness (QED) is 0.795. The van der Waals surface area contributed by atoms with Crippen LogP contribution in [0.15, 0.2) is 18.2 Å². The molecular formula is C13H14Cl2O2. The zero-order valence-electron chi connectivity index (χ0n) is 9.80. The van der Waals surface area contributed by atoms with Crippen LogP contribution >= 0.6 is 23.2 Å². The summed E-state index contributed by atoms with van der Waals surface area (Å²) in [4.78, 5) is 10.8. The molecule has 0 atom stereocenters. The highest BCUT2D eigenvalue weighted by Crippen LogP contribution is 2.31. The lowest BCUT2D eigenvalue weighted by Gasteiger charge is -2.05. The maximum Gasteiger partial charge on any atom is 0.138 e. The van der Waals surface area contributed by atoms with Gasteiger partial charge in [0.05, 0.1) is 17.2 Å². The van der Waals surface area contributed by atoms with Gasteiger partial charge in [0.15, 0.2) is 0 Å². The van der Waals surface area contributed by atoms with Gasteiger partial charge < -0.3 is 9.53 Å². The first-order valence-electron chi connectivity index (χ1n) is 5.23. The Kier molecular flexibility index (Phi) is 5.52. The molecule has 1 aromatic carbocycles. The Labute approximate surface area is 111 Å². The van der Waals surface area contributed by atoms with Crippen molar-refractivity contribution in [3.8, 4) is 5.75 Å². The van der Waals surface area contributed by atoms with Gasteiger partial charge in [0.25, 0.3) is 0 Å². The van der Waals surface area contributed by atoms with Crippen molar-refractivity contribution >= 4 is 35.1 Å². The van der Waals surface area contributed by atoms with Crippen LogP contribution in [-0.2, 0) is 4.79 Å². The standard InChI is InChI=1S/C13H14Cl2O2/c1-9(16)5-3-4-6-10-7-12(15)13(17-2)8-11(10)14/h4,6-8H,3,5H2,1-2H3/b6-4+. The van der Waals surface area contributed by atoms with Crippen LogP contribution in [0.4, 0.5) is 0 Å². The van der Waals surface area contributed by atoms with Crippen LogP contribution in [0.1, 0.15) is 25.3 Å². The topological polar surface area (TPSA) is 26.3 Å². The predicted octanol–water partition coefficient (Wildman–Crippen LogP) is 4.38. The number of rotatable bonds is 5. The number of carbonyl (C=O) groups excluding carboxylic acids is 1. The summed E-state index contributed by atoms with van der Waals surface area (Å²) in [5, 5.41) is 1.09. The van der Waals surface area contributed by atoms with Gasteiger partial charge in [-0.3, -0.25) is 0 Å². The Morgan fingerprint density at radius 1 is 1.35 bits per heavy atom. The number of ketones is 1. The van der Waals surface area contributed by atoms with E-state index < -0.39 is 0 Å². The van der Waals surface area contributed by atoms with Crippen molar-refractivity contribution in [2.45, 2.75) is 19.8 Å². The van der Waals surface area contributed by atoms with E-state index >= 15 is 0 Å². The first kappa shape index (κ1) is 14.1. The number of hydrogen-bond donors (Lipinski definition) is 0. The van der Waals surface area contributed by atoms with Gasteiger partial charge in [0, 0.05) is 12.5 Å². The zero-order valence-corrected chi connectivity index (χ0v) is 11.3. The molecule has 0 aliphatic carbocycles. The van der Waals surface area contributed by atoms with Crippen LogP contribution in [0.3, 0.4) is 0 Å². The summed E-state index contributed by atoms with van der Waals surface area (Å²) in [5.41, 5.74) is 0.820. The molecule has 0 bridgehead atoms. The van der Waals surface area contributed by atoms with E-state index in [-0.39, 0.29) is 5.78 Å². The van der Waals surface area contributed by atoms with E-state index in [0.29, 0.717) is 28.6 Å². The molecule has 0 fully saturated rings. The third-order valence-corrected chi connectivity index (χ3v) is 2.85. The van der Waals surface area contributed by atoms with E-state index in [2.05, 4.69) is 0 Å². The van der Waals surface area contributed by atoms with Gasteiger partial charge in [-0.25, -0.2) is 0 Å². The Morgan fingerprint density at radius 3 is 2.65 bits per heavy atom. The van der Waals surface area contributed by atoms with Crippen molar-refractivity contribution in [2.75, 3.05) is 7.11 Å². The Balaban J connectivity index is 2.78. The van der Waals surface area contributed by atoms with Gasteiger partial charge in [-0.1, -0.05) is 35.4 Å². The molecule has 0 aromatic heterocycles.